The molecule has 0 aromatic carbocycles. The third-order valence-corrected chi connectivity index (χ3v) is 2.90. The molecular formula is C13H28ClNO3. The standard InChI is InChI=1S/C13H28ClNO3/c1-13(2)15(6-4-5-14)7-8-17-11-12-18-10-9-16-3/h13H,4-12H2,1-3H3. The van der Waals surface area contributed by atoms with E-state index in [9.17, 15) is 0 Å². The van der Waals surface area contributed by atoms with Gasteiger partial charge in [-0.15, -0.1) is 11.6 Å². The van der Waals surface area contributed by atoms with Crippen LogP contribution in [-0.4, -0.2) is 70.1 Å². The first-order valence-corrected chi connectivity index (χ1v) is 7.20. The second kappa shape index (κ2) is 13.6. The first kappa shape index (κ1) is 18.1. The van der Waals surface area contributed by atoms with E-state index in [1.54, 1.807) is 7.11 Å². The maximum absolute atomic E-state index is 5.71. The average molecular weight is 282 g/mol. The van der Waals surface area contributed by atoms with Crippen LogP contribution in [0.4, 0.5) is 0 Å². The van der Waals surface area contributed by atoms with Crippen LogP contribution in [0.15, 0.2) is 0 Å². The highest BCUT2D eigenvalue weighted by atomic mass is 35.5. The van der Waals surface area contributed by atoms with E-state index in [1.165, 1.54) is 0 Å². The molecule has 0 aliphatic heterocycles. The Morgan fingerprint density at radius 3 is 2.11 bits per heavy atom. The number of alkyl halides is 1. The molecule has 0 heterocycles. The molecule has 110 valence electrons. The zero-order chi connectivity index (χ0) is 13.6. The Labute approximate surface area is 117 Å². The molecule has 0 bridgehead atoms. The number of hydrogen-bond donors (Lipinski definition) is 0. The Bertz CT molecular complexity index is 170. The largest absolute Gasteiger partial charge is 0.382 e. The van der Waals surface area contributed by atoms with Gasteiger partial charge in [0.15, 0.2) is 0 Å². The lowest BCUT2D eigenvalue weighted by atomic mass is 10.3. The third-order valence-electron chi connectivity index (χ3n) is 2.64. The van der Waals surface area contributed by atoms with Crippen LogP contribution >= 0.6 is 11.6 Å². The molecule has 0 aromatic heterocycles. The van der Waals surface area contributed by atoms with E-state index in [1.807, 2.05) is 0 Å². The van der Waals surface area contributed by atoms with Gasteiger partial charge in [0.25, 0.3) is 0 Å². The smallest absolute Gasteiger partial charge is 0.0701 e. The average Bonchev–Trinajstić information content (AvgIpc) is 2.35. The van der Waals surface area contributed by atoms with Crippen molar-refractivity contribution in [1.29, 1.82) is 0 Å². The Morgan fingerprint density at radius 1 is 0.944 bits per heavy atom. The third kappa shape index (κ3) is 11.2. The van der Waals surface area contributed by atoms with E-state index in [0.717, 1.165) is 32.0 Å². The summed E-state index contributed by atoms with van der Waals surface area (Å²) >= 11 is 5.71. The van der Waals surface area contributed by atoms with Crippen molar-refractivity contribution in [2.75, 3.05) is 59.1 Å². The maximum atomic E-state index is 5.71. The minimum absolute atomic E-state index is 0.537. The molecule has 4 nitrogen and oxygen atoms in total. The molecule has 0 spiro atoms. The Kier molecular flexibility index (Phi) is 13.7. The molecule has 0 unspecified atom stereocenters. The quantitative estimate of drug-likeness (QED) is 0.382. The van der Waals surface area contributed by atoms with E-state index in [0.29, 0.717) is 32.5 Å². The fraction of sp³-hybridized carbons (Fsp3) is 1.00. The lowest BCUT2D eigenvalue weighted by Gasteiger charge is -2.25. The van der Waals surface area contributed by atoms with Crippen LogP contribution in [0, 0.1) is 0 Å². The fourth-order valence-electron chi connectivity index (χ4n) is 1.54. The van der Waals surface area contributed by atoms with Gasteiger partial charge >= 0.3 is 0 Å². The van der Waals surface area contributed by atoms with Crippen LogP contribution in [-0.2, 0) is 14.2 Å². The minimum atomic E-state index is 0.537. The second-order valence-corrected chi connectivity index (χ2v) is 4.77. The van der Waals surface area contributed by atoms with Crippen LogP contribution in [0.25, 0.3) is 0 Å². The topological polar surface area (TPSA) is 30.9 Å². The van der Waals surface area contributed by atoms with Crippen molar-refractivity contribution in [3.05, 3.63) is 0 Å². The minimum Gasteiger partial charge on any atom is -0.382 e. The first-order valence-electron chi connectivity index (χ1n) is 6.66. The summed E-state index contributed by atoms with van der Waals surface area (Å²) in [6, 6.07) is 0.537. The van der Waals surface area contributed by atoms with E-state index >= 15 is 0 Å². The Hall–Kier alpha value is 0.130. The Balaban J connectivity index is 3.37. The summed E-state index contributed by atoms with van der Waals surface area (Å²) in [4.78, 5) is 2.38. The SMILES string of the molecule is COCCOCCOCCN(CCCCl)C(C)C. The molecule has 0 aliphatic carbocycles. The predicted octanol–water partition coefficient (Wildman–Crippen LogP) is 2.01. The number of rotatable bonds is 13. The molecule has 0 amide bonds. The molecule has 18 heavy (non-hydrogen) atoms. The molecule has 0 radical (unpaired) electrons. The number of nitrogens with zero attached hydrogens (tertiary/aromatic N) is 1. The first-order chi connectivity index (χ1) is 8.72. The van der Waals surface area contributed by atoms with E-state index in [4.69, 9.17) is 25.8 Å². The molecule has 0 aromatic rings. The highest BCUT2D eigenvalue weighted by Gasteiger charge is 2.08. The number of hydrogen-bond acceptors (Lipinski definition) is 4. The molecule has 0 rings (SSSR count). The number of ether oxygens (including phenoxy) is 3. The molecule has 0 saturated carbocycles. The summed E-state index contributed by atoms with van der Waals surface area (Å²) in [6.07, 6.45) is 1.03. The summed E-state index contributed by atoms with van der Waals surface area (Å²) in [5.74, 6) is 0.720. The van der Waals surface area contributed by atoms with Gasteiger partial charge < -0.3 is 14.2 Å². The van der Waals surface area contributed by atoms with E-state index in [-0.39, 0.29) is 0 Å². The highest BCUT2D eigenvalue weighted by molar-refractivity contribution is 6.17. The molecule has 0 fully saturated rings. The lowest BCUT2D eigenvalue weighted by Crippen LogP contribution is -2.35. The van der Waals surface area contributed by atoms with E-state index < -0.39 is 0 Å². The predicted molar refractivity (Wildman–Crippen MR) is 75.6 cm³/mol. The van der Waals surface area contributed by atoms with Gasteiger partial charge in [-0.1, -0.05) is 0 Å². The van der Waals surface area contributed by atoms with Gasteiger partial charge in [0, 0.05) is 25.6 Å². The number of methoxy groups -OCH3 is 1. The van der Waals surface area contributed by atoms with Gasteiger partial charge in [-0.25, -0.2) is 0 Å². The zero-order valence-electron chi connectivity index (χ0n) is 12.0. The van der Waals surface area contributed by atoms with Crippen molar-refractivity contribution in [3.63, 3.8) is 0 Å². The van der Waals surface area contributed by atoms with Crippen LogP contribution < -0.4 is 0 Å². The summed E-state index contributed by atoms with van der Waals surface area (Å²) in [7, 11) is 1.67. The summed E-state index contributed by atoms with van der Waals surface area (Å²) in [5.41, 5.74) is 0. The van der Waals surface area contributed by atoms with Gasteiger partial charge in [0.05, 0.1) is 33.0 Å². The number of halogens is 1. The second-order valence-electron chi connectivity index (χ2n) is 4.39. The normalized spacial score (nSPS) is 11.7. The van der Waals surface area contributed by atoms with Crippen molar-refractivity contribution in [3.8, 4) is 0 Å². The molecule has 0 aliphatic rings. The fourth-order valence-corrected chi connectivity index (χ4v) is 1.66. The van der Waals surface area contributed by atoms with Crippen LogP contribution in [0.5, 0.6) is 0 Å². The summed E-state index contributed by atoms with van der Waals surface area (Å²) in [6.45, 7) is 9.67. The van der Waals surface area contributed by atoms with Crippen molar-refractivity contribution in [2.24, 2.45) is 0 Å². The lowest BCUT2D eigenvalue weighted by molar-refractivity contribution is 0.0175. The van der Waals surface area contributed by atoms with Crippen LogP contribution in [0.1, 0.15) is 20.3 Å². The van der Waals surface area contributed by atoms with Gasteiger partial charge in [0.1, 0.15) is 0 Å². The van der Waals surface area contributed by atoms with Gasteiger partial charge in [-0.3, -0.25) is 4.90 Å². The molecule has 0 N–H and O–H groups in total. The molecule has 0 saturated heterocycles. The maximum Gasteiger partial charge on any atom is 0.0701 e. The summed E-state index contributed by atoms with van der Waals surface area (Å²) in [5, 5.41) is 0. The van der Waals surface area contributed by atoms with Crippen molar-refractivity contribution >= 4 is 11.6 Å². The van der Waals surface area contributed by atoms with Crippen LogP contribution in [0.2, 0.25) is 0 Å². The van der Waals surface area contributed by atoms with E-state index in [2.05, 4.69) is 18.7 Å². The van der Waals surface area contributed by atoms with Crippen molar-refractivity contribution < 1.29 is 14.2 Å². The van der Waals surface area contributed by atoms with Gasteiger partial charge in [-0.05, 0) is 26.8 Å². The van der Waals surface area contributed by atoms with Gasteiger partial charge in [-0.2, -0.15) is 0 Å². The van der Waals surface area contributed by atoms with Crippen molar-refractivity contribution in [1.82, 2.24) is 4.90 Å². The Morgan fingerprint density at radius 2 is 1.56 bits per heavy atom. The summed E-state index contributed by atoms with van der Waals surface area (Å²) < 4.78 is 15.7. The molecule has 0 atom stereocenters. The highest BCUT2D eigenvalue weighted by Crippen LogP contribution is 2.00. The zero-order valence-corrected chi connectivity index (χ0v) is 12.7. The molecule has 5 heteroatoms. The monoisotopic (exact) mass is 281 g/mol. The van der Waals surface area contributed by atoms with Crippen molar-refractivity contribution in [2.45, 2.75) is 26.3 Å². The van der Waals surface area contributed by atoms with Gasteiger partial charge in [0.2, 0.25) is 0 Å². The van der Waals surface area contributed by atoms with Crippen LogP contribution in [0.3, 0.4) is 0 Å². The molecular weight excluding hydrogens is 254 g/mol.